The average molecular weight is 442 g/mol. The first-order chi connectivity index (χ1) is 13.6. The van der Waals surface area contributed by atoms with Crippen LogP contribution in [0.15, 0.2) is 30.3 Å². The Kier molecular flexibility index (Phi) is 7.21. The van der Waals surface area contributed by atoms with Crippen LogP contribution in [0.5, 0.6) is 0 Å². The Hall–Kier alpha value is -0.800. The highest BCUT2D eigenvalue weighted by atomic mass is 32.2. The lowest BCUT2D eigenvalue weighted by molar-refractivity contribution is 0.166. The van der Waals surface area contributed by atoms with Gasteiger partial charge in [-0.25, -0.2) is 17.3 Å². The quantitative estimate of drug-likeness (QED) is 0.647. The van der Waals surface area contributed by atoms with E-state index in [1.54, 1.807) is 4.31 Å². The molecule has 5 atom stereocenters. The van der Waals surface area contributed by atoms with E-state index >= 15 is 0 Å². The highest BCUT2D eigenvalue weighted by molar-refractivity contribution is 7.89. The van der Waals surface area contributed by atoms with Crippen molar-refractivity contribution in [2.45, 2.75) is 75.7 Å². The molecule has 1 aromatic carbocycles. The predicted molar refractivity (Wildman–Crippen MR) is 119 cm³/mol. The van der Waals surface area contributed by atoms with Gasteiger partial charge in [0.25, 0.3) is 0 Å². The predicted octanol–water partition coefficient (Wildman–Crippen LogP) is 2.18. The van der Waals surface area contributed by atoms with Gasteiger partial charge in [0, 0.05) is 24.7 Å². The number of nitrogens with two attached hydrogens (primary N) is 1. The van der Waals surface area contributed by atoms with Gasteiger partial charge in [0.15, 0.2) is 0 Å². The van der Waals surface area contributed by atoms with E-state index in [2.05, 4.69) is 16.9 Å². The molecule has 0 aliphatic carbocycles. The molecule has 1 aromatic rings. The smallest absolute Gasteiger partial charge is 0.215 e. The molecule has 2 aliphatic heterocycles. The molecule has 2 aliphatic rings. The fraction of sp³-hybridized carbons (Fsp3) is 0.714. The van der Waals surface area contributed by atoms with Crippen LogP contribution in [0.25, 0.3) is 0 Å². The summed E-state index contributed by atoms with van der Waals surface area (Å²) in [4.78, 5) is 0. The Morgan fingerprint density at radius 1 is 1.17 bits per heavy atom. The normalized spacial score (nSPS) is 27.7. The van der Waals surface area contributed by atoms with Crippen LogP contribution in [-0.4, -0.2) is 52.1 Å². The summed E-state index contributed by atoms with van der Waals surface area (Å²) >= 11 is 0. The van der Waals surface area contributed by atoms with E-state index in [1.807, 2.05) is 39.0 Å². The maximum Gasteiger partial charge on any atom is 0.215 e. The first kappa shape index (κ1) is 22.9. The third-order valence-electron chi connectivity index (χ3n) is 6.08. The molecule has 0 saturated carbocycles. The zero-order valence-corrected chi connectivity index (χ0v) is 19.3. The maximum absolute atomic E-state index is 12.9. The van der Waals surface area contributed by atoms with Crippen molar-refractivity contribution in [2.75, 3.05) is 12.3 Å². The molecule has 2 fully saturated rings. The van der Waals surface area contributed by atoms with Crippen molar-refractivity contribution >= 4 is 21.0 Å². The second-order valence-electron chi connectivity index (χ2n) is 9.35. The Morgan fingerprint density at radius 3 is 2.28 bits per heavy atom. The first-order valence-corrected chi connectivity index (χ1v) is 13.3. The lowest BCUT2D eigenvalue weighted by atomic mass is 9.84. The molecule has 1 unspecified atom stereocenters. The summed E-state index contributed by atoms with van der Waals surface area (Å²) in [5.41, 5.74) is 6.75. The minimum absolute atomic E-state index is 0.0183. The van der Waals surface area contributed by atoms with Gasteiger partial charge in [0.1, 0.15) is 0 Å². The molecule has 3 N–H and O–H groups in total. The van der Waals surface area contributed by atoms with Gasteiger partial charge in [-0.05, 0) is 64.4 Å². The Bertz CT molecular complexity index is 794. The van der Waals surface area contributed by atoms with Crippen molar-refractivity contribution in [1.82, 2.24) is 9.03 Å². The minimum atomic E-state index is -3.30. The Morgan fingerprint density at radius 2 is 1.76 bits per heavy atom. The van der Waals surface area contributed by atoms with Gasteiger partial charge in [0.05, 0.1) is 21.5 Å². The highest BCUT2D eigenvalue weighted by Crippen LogP contribution is 2.42. The van der Waals surface area contributed by atoms with Crippen molar-refractivity contribution in [3.8, 4) is 0 Å². The van der Waals surface area contributed by atoms with Crippen molar-refractivity contribution < 1.29 is 12.6 Å². The summed E-state index contributed by atoms with van der Waals surface area (Å²) in [5.74, 6) is 0.313. The van der Waals surface area contributed by atoms with E-state index in [0.717, 1.165) is 32.1 Å². The Labute approximate surface area is 178 Å². The molecular weight excluding hydrogens is 406 g/mol. The zero-order chi connectivity index (χ0) is 21.2. The van der Waals surface area contributed by atoms with E-state index < -0.39 is 21.0 Å². The van der Waals surface area contributed by atoms with Crippen molar-refractivity contribution in [3.63, 3.8) is 0 Å². The maximum atomic E-state index is 12.9. The third-order valence-corrected chi connectivity index (χ3v) is 9.70. The third kappa shape index (κ3) is 5.47. The molecule has 0 spiro atoms. The fourth-order valence-corrected chi connectivity index (χ4v) is 7.40. The minimum Gasteiger partial charge on any atom is -0.329 e. The summed E-state index contributed by atoms with van der Waals surface area (Å²) in [6, 6.07) is 10.4. The summed E-state index contributed by atoms with van der Waals surface area (Å²) in [7, 11) is -4.47. The topological polar surface area (TPSA) is 92.5 Å². The summed E-state index contributed by atoms with van der Waals surface area (Å²) in [5, 5.41) is 0. The van der Waals surface area contributed by atoms with Gasteiger partial charge >= 0.3 is 0 Å². The van der Waals surface area contributed by atoms with Crippen LogP contribution in [0.1, 0.15) is 52.0 Å². The van der Waals surface area contributed by atoms with Gasteiger partial charge in [-0.2, -0.15) is 4.31 Å². The monoisotopic (exact) mass is 441 g/mol. The number of benzene rings is 1. The number of sulfonamides is 1. The molecule has 0 radical (unpaired) electrons. The van der Waals surface area contributed by atoms with Gasteiger partial charge in [-0.1, -0.05) is 30.3 Å². The number of rotatable bonds is 8. The van der Waals surface area contributed by atoms with Gasteiger partial charge in [0.2, 0.25) is 10.0 Å². The molecule has 0 amide bonds. The van der Waals surface area contributed by atoms with Crippen LogP contribution in [-0.2, 0) is 27.4 Å². The second-order valence-corrected chi connectivity index (χ2v) is 13.3. The molecule has 29 heavy (non-hydrogen) atoms. The largest absolute Gasteiger partial charge is 0.329 e. The summed E-state index contributed by atoms with van der Waals surface area (Å²) < 4.78 is 43.1. The van der Waals surface area contributed by atoms with Crippen LogP contribution in [0.2, 0.25) is 0 Å². The molecule has 0 aromatic heterocycles. The van der Waals surface area contributed by atoms with E-state index in [9.17, 15) is 12.6 Å². The van der Waals surface area contributed by atoms with Gasteiger partial charge in [-0.3, -0.25) is 0 Å². The number of nitrogens with zero attached hydrogens (tertiary/aromatic N) is 1. The SMILES string of the molecule is CC(C)(C)[S@](=O)N[C@H](Cc1ccccc1)C1C[C@H]2CC[C@@H](C1)N2S(=O)(=O)CCN. The molecule has 2 heterocycles. The molecule has 3 rings (SSSR count). The lowest BCUT2D eigenvalue weighted by Crippen LogP contribution is -2.53. The Balaban J connectivity index is 1.79. The van der Waals surface area contributed by atoms with E-state index in [1.165, 1.54) is 5.56 Å². The molecule has 164 valence electrons. The zero-order valence-electron chi connectivity index (χ0n) is 17.7. The summed E-state index contributed by atoms with van der Waals surface area (Å²) in [6.07, 6.45) is 4.23. The molecule has 2 bridgehead atoms. The number of hydrogen-bond acceptors (Lipinski definition) is 4. The number of nitrogens with one attached hydrogen (secondary N) is 1. The highest BCUT2D eigenvalue weighted by Gasteiger charge is 2.48. The van der Waals surface area contributed by atoms with Crippen molar-refractivity contribution in [3.05, 3.63) is 35.9 Å². The van der Waals surface area contributed by atoms with Gasteiger partial charge < -0.3 is 5.73 Å². The van der Waals surface area contributed by atoms with E-state index in [-0.39, 0.29) is 35.2 Å². The van der Waals surface area contributed by atoms with Crippen LogP contribution in [0.3, 0.4) is 0 Å². The van der Waals surface area contributed by atoms with Crippen LogP contribution < -0.4 is 10.5 Å². The molecular formula is C21H35N3O3S2. The van der Waals surface area contributed by atoms with Gasteiger partial charge in [-0.15, -0.1) is 0 Å². The van der Waals surface area contributed by atoms with Crippen molar-refractivity contribution in [2.24, 2.45) is 11.7 Å². The standard InChI is InChI=1S/C21H35N3O3S2/c1-21(2,3)28(25)23-20(13-16-7-5-4-6-8-16)17-14-18-9-10-19(15-17)24(18)29(26,27)12-11-22/h4-8,17-20,23H,9-15,22H2,1-3H3/t17?,18-,19+,20-,28+/m1/s1. The average Bonchev–Trinajstić information content (AvgIpc) is 2.93. The summed E-state index contributed by atoms with van der Waals surface area (Å²) in [6.45, 7) is 6.08. The van der Waals surface area contributed by atoms with E-state index in [4.69, 9.17) is 5.73 Å². The second kappa shape index (κ2) is 9.14. The first-order valence-electron chi connectivity index (χ1n) is 10.5. The molecule has 6 nitrogen and oxygen atoms in total. The van der Waals surface area contributed by atoms with Crippen LogP contribution in [0.4, 0.5) is 0 Å². The van der Waals surface area contributed by atoms with Crippen LogP contribution >= 0.6 is 0 Å². The number of hydrogen-bond donors (Lipinski definition) is 2. The van der Waals surface area contributed by atoms with Crippen LogP contribution in [0, 0.1) is 5.92 Å². The fourth-order valence-electron chi connectivity index (χ4n) is 4.70. The lowest BCUT2D eigenvalue weighted by Gasteiger charge is -2.41. The van der Waals surface area contributed by atoms with E-state index in [0.29, 0.717) is 5.92 Å². The number of piperidine rings is 1. The number of fused-ring (bicyclic) bond motifs is 2. The molecule has 8 heteroatoms. The molecule has 2 saturated heterocycles. The van der Waals surface area contributed by atoms with Crippen molar-refractivity contribution in [1.29, 1.82) is 0 Å².